The third kappa shape index (κ3) is 0.973. The maximum absolute atomic E-state index is 5.63. The first kappa shape index (κ1) is 6.61. The number of rotatable bonds is 0. The third-order valence-electron chi connectivity index (χ3n) is 1.49. The minimum atomic E-state index is 0.425. The number of nitrogens with zero attached hydrogens (tertiary/aromatic N) is 2. The molecule has 3 nitrogen and oxygen atoms in total. The fraction of sp³-hybridized carbons (Fsp3) is 0.143. The van der Waals surface area contributed by atoms with Crippen LogP contribution >= 0.6 is 11.6 Å². The lowest BCUT2D eigenvalue weighted by Gasteiger charge is -1.86. The van der Waals surface area contributed by atoms with E-state index in [1.807, 2.05) is 13.0 Å². The molecule has 0 saturated carbocycles. The second-order valence-electron chi connectivity index (χ2n) is 2.25. The van der Waals surface area contributed by atoms with Crippen LogP contribution < -0.4 is 0 Å². The van der Waals surface area contributed by atoms with Gasteiger partial charge in [-0.05, 0) is 19.1 Å². The van der Waals surface area contributed by atoms with E-state index < -0.39 is 0 Å². The number of fused-ring (bicyclic) bond motifs is 1. The molecule has 4 heteroatoms. The second-order valence-corrected chi connectivity index (χ2v) is 2.64. The topological polar surface area (TPSA) is 38.9 Å². The van der Waals surface area contributed by atoms with E-state index in [9.17, 15) is 0 Å². The molecule has 2 aromatic heterocycles. The van der Waals surface area contributed by atoms with E-state index in [1.165, 1.54) is 0 Å². The van der Waals surface area contributed by atoms with Gasteiger partial charge >= 0.3 is 0 Å². The van der Waals surface area contributed by atoms with Crippen LogP contribution in [0.3, 0.4) is 0 Å². The summed E-state index contributed by atoms with van der Waals surface area (Å²) in [6.45, 7) is 1.86. The summed E-state index contributed by atoms with van der Waals surface area (Å²) in [6.07, 6.45) is 0. The highest BCUT2D eigenvalue weighted by Crippen LogP contribution is 2.17. The number of hydrogen-bond donors (Lipinski definition) is 0. The van der Waals surface area contributed by atoms with Crippen LogP contribution in [0.5, 0.6) is 0 Å². The standard InChI is InChI=1S/C7H5ClN2O/c1-4-5-2-3-6(8)9-7(5)11-10-4/h2-3H,1H3. The van der Waals surface area contributed by atoms with Crippen LogP contribution in [0, 0.1) is 6.92 Å². The second kappa shape index (κ2) is 2.20. The maximum Gasteiger partial charge on any atom is 0.259 e. The lowest BCUT2D eigenvalue weighted by atomic mass is 10.3. The molecule has 11 heavy (non-hydrogen) atoms. The molecule has 56 valence electrons. The highest BCUT2D eigenvalue weighted by atomic mass is 35.5. The Kier molecular flexibility index (Phi) is 1.32. The summed E-state index contributed by atoms with van der Waals surface area (Å²) >= 11 is 5.63. The summed E-state index contributed by atoms with van der Waals surface area (Å²) in [6, 6.07) is 3.56. The van der Waals surface area contributed by atoms with E-state index in [4.69, 9.17) is 16.1 Å². The van der Waals surface area contributed by atoms with E-state index in [2.05, 4.69) is 10.1 Å². The van der Waals surface area contributed by atoms with Crippen molar-refractivity contribution >= 4 is 22.7 Å². The van der Waals surface area contributed by atoms with Crippen LogP contribution in [-0.4, -0.2) is 10.1 Å². The van der Waals surface area contributed by atoms with E-state index >= 15 is 0 Å². The van der Waals surface area contributed by atoms with Crippen LogP contribution in [0.15, 0.2) is 16.7 Å². The molecule has 0 bridgehead atoms. The molecule has 0 atom stereocenters. The van der Waals surface area contributed by atoms with Crippen molar-refractivity contribution in [1.82, 2.24) is 10.1 Å². The maximum atomic E-state index is 5.63. The molecule has 0 fully saturated rings. The highest BCUT2D eigenvalue weighted by Gasteiger charge is 2.04. The van der Waals surface area contributed by atoms with E-state index in [1.54, 1.807) is 6.07 Å². The smallest absolute Gasteiger partial charge is 0.259 e. The molecule has 2 heterocycles. The van der Waals surface area contributed by atoms with Crippen molar-refractivity contribution in [3.63, 3.8) is 0 Å². The van der Waals surface area contributed by atoms with Crippen molar-refractivity contribution in [2.24, 2.45) is 0 Å². The van der Waals surface area contributed by atoms with Gasteiger partial charge in [-0.2, -0.15) is 4.98 Å². The van der Waals surface area contributed by atoms with Crippen molar-refractivity contribution in [3.8, 4) is 0 Å². The van der Waals surface area contributed by atoms with Gasteiger partial charge in [0.25, 0.3) is 5.71 Å². The molecule has 0 unspecified atom stereocenters. The van der Waals surface area contributed by atoms with Gasteiger partial charge in [0.1, 0.15) is 5.15 Å². The number of aromatic nitrogens is 2. The molecule has 0 N–H and O–H groups in total. The van der Waals surface area contributed by atoms with Gasteiger partial charge < -0.3 is 4.52 Å². The molecule has 2 rings (SSSR count). The quantitative estimate of drug-likeness (QED) is 0.566. The van der Waals surface area contributed by atoms with Crippen molar-refractivity contribution in [2.75, 3.05) is 0 Å². The summed E-state index contributed by atoms with van der Waals surface area (Å²) in [7, 11) is 0. The number of hydrogen-bond acceptors (Lipinski definition) is 3. The van der Waals surface area contributed by atoms with Crippen LogP contribution in [0.4, 0.5) is 0 Å². The lowest BCUT2D eigenvalue weighted by Crippen LogP contribution is -1.74. The summed E-state index contributed by atoms with van der Waals surface area (Å²) in [5.74, 6) is 0. The van der Waals surface area contributed by atoms with Crippen molar-refractivity contribution in [3.05, 3.63) is 23.0 Å². The Labute approximate surface area is 68.0 Å². The monoisotopic (exact) mass is 168 g/mol. The molecule has 0 aliphatic heterocycles. The van der Waals surface area contributed by atoms with Crippen LogP contribution in [0.2, 0.25) is 5.15 Å². The number of pyridine rings is 1. The normalized spacial score (nSPS) is 10.7. The summed E-state index contributed by atoms with van der Waals surface area (Å²) in [4.78, 5) is 3.93. The summed E-state index contributed by atoms with van der Waals surface area (Å²) in [5, 5.41) is 5.08. The predicted octanol–water partition coefficient (Wildman–Crippen LogP) is 2.18. The van der Waals surface area contributed by atoms with Crippen molar-refractivity contribution < 1.29 is 4.52 Å². The minimum absolute atomic E-state index is 0.425. The van der Waals surface area contributed by atoms with Gasteiger partial charge in [0, 0.05) is 0 Å². The minimum Gasteiger partial charge on any atom is -0.335 e. The van der Waals surface area contributed by atoms with Gasteiger partial charge in [-0.1, -0.05) is 16.8 Å². The first-order chi connectivity index (χ1) is 5.27. The van der Waals surface area contributed by atoms with E-state index in [0.717, 1.165) is 11.1 Å². The van der Waals surface area contributed by atoms with Gasteiger partial charge in [-0.3, -0.25) is 0 Å². The Morgan fingerprint density at radius 3 is 3.09 bits per heavy atom. The average Bonchev–Trinajstić information content (AvgIpc) is 2.32. The van der Waals surface area contributed by atoms with Crippen LogP contribution in [0.1, 0.15) is 5.69 Å². The average molecular weight is 169 g/mol. The Morgan fingerprint density at radius 1 is 1.45 bits per heavy atom. The largest absolute Gasteiger partial charge is 0.335 e. The fourth-order valence-corrected chi connectivity index (χ4v) is 1.06. The van der Waals surface area contributed by atoms with E-state index in [-0.39, 0.29) is 0 Å². The van der Waals surface area contributed by atoms with Gasteiger partial charge in [0.05, 0.1) is 11.1 Å². The first-order valence-corrected chi connectivity index (χ1v) is 3.54. The number of halogens is 1. The Morgan fingerprint density at radius 2 is 2.27 bits per heavy atom. The third-order valence-corrected chi connectivity index (χ3v) is 1.70. The number of aryl methyl sites for hydroxylation is 1. The zero-order chi connectivity index (χ0) is 7.84. The lowest BCUT2D eigenvalue weighted by molar-refractivity contribution is 0.443. The predicted molar refractivity (Wildman–Crippen MR) is 41.6 cm³/mol. The fourth-order valence-electron chi connectivity index (χ4n) is 0.924. The summed E-state index contributed by atoms with van der Waals surface area (Å²) < 4.78 is 4.88. The molecule has 0 aliphatic rings. The molecule has 0 radical (unpaired) electrons. The van der Waals surface area contributed by atoms with Gasteiger partial charge in [-0.25, -0.2) is 0 Å². The molecular formula is C7H5ClN2O. The molecule has 0 amide bonds. The van der Waals surface area contributed by atoms with Crippen molar-refractivity contribution in [1.29, 1.82) is 0 Å². The summed E-state index contributed by atoms with van der Waals surface area (Å²) in [5.41, 5.74) is 1.33. The molecule has 2 aromatic rings. The molecule has 0 saturated heterocycles. The highest BCUT2D eigenvalue weighted by molar-refractivity contribution is 6.29. The van der Waals surface area contributed by atoms with Crippen molar-refractivity contribution in [2.45, 2.75) is 6.92 Å². The molecule has 0 spiro atoms. The molecule has 0 aliphatic carbocycles. The Balaban J connectivity index is 2.86. The zero-order valence-corrected chi connectivity index (χ0v) is 6.59. The molecule has 0 aromatic carbocycles. The SMILES string of the molecule is Cc1noc2nc(Cl)ccc12. The first-order valence-electron chi connectivity index (χ1n) is 3.16. The zero-order valence-electron chi connectivity index (χ0n) is 5.84. The van der Waals surface area contributed by atoms with Gasteiger partial charge in [0.15, 0.2) is 0 Å². The van der Waals surface area contributed by atoms with Crippen LogP contribution in [0.25, 0.3) is 11.1 Å². The van der Waals surface area contributed by atoms with Crippen LogP contribution in [-0.2, 0) is 0 Å². The van der Waals surface area contributed by atoms with Gasteiger partial charge in [-0.15, -0.1) is 0 Å². The Bertz CT molecular complexity index is 396. The molecular weight excluding hydrogens is 164 g/mol. The van der Waals surface area contributed by atoms with E-state index in [0.29, 0.717) is 10.9 Å². The Hall–Kier alpha value is -1.09. The van der Waals surface area contributed by atoms with Gasteiger partial charge in [0.2, 0.25) is 0 Å².